The minimum Gasteiger partial charge on any atom is -0.492 e. The largest absolute Gasteiger partial charge is 0.492 e. The number of halogens is 1. The number of ether oxygens (including phenoxy) is 1. The first-order valence-corrected chi connectivity index (χ1v) is 8.36. The number of hydrogen-bond donors (Lipinski definition) is 0. The van der Waals surface area contributed by atoms with Crippen molar-refractivity contribution in [3.05, 3.63) is 29.3 Å². The molecule has 1 aliphatic heterocycles. The zero-order valence-corrected chi connectivity index (χ0v) is 14.2. The molecule has 0 bridgehead atoms. The van der Waals surface area contributed by atoms with Gasteiger partial charge in [-0.2, -0.15) is 0 Å². The second-order valence-electron chi connectivity index (χ2n) is 5.62. The zero-order valence-electron chi connectivity index (χ0n) is 13.5. The Morgan fingerprint density at radius 2 is 1.83 bits per heavy atom. The Hall–Kier alpha value is -1.75. The number of para-hydroxylation sites is 1. The molecule has 0 radical (unpaired) electrons. The normalized spacial score (nSPS) is 15.2. The van der Waals surface area contributed by atoms with Crippen LogP contribution in [0.1, 0.15) is 26.2 Å². The van der Waals surface area contributed by atoms with Gasteiger partial charge in [-0.25, -0.2) is 0 Å². The molecule has 1 saturated heterocycles. The summed E-state index contributed by atoms with van der Waals surface area (Å²) >= 11 is 6.01. The molecule has 23 heavy (non-hydrogen) atoms. The van der Waals surface area contributed by atoms with E-state index in [1.54, 1.807) is 17.9 Å². The molecule has 5 nitrogen and oxygen atoms in total. The average Bonchev–Trinajstić information content (AvgIpc) is 2.79. The van der Waals surface area contributed by atoms with Gasteiger partial charge in [0.2, 0.25) is 11.8 Å². The van der Waals surface area contributed by atoms with Crippen molar-refractivity contribution in [1.29, 1.82) is 0 Å². The lowest BCUT2D eigenvalue weighted by atomic mass is 10.2. The summed E-state index contributed by atoms with van der Waals surface area (Å²) in [7, 11) is 0. The Kier molecular flexibility index (Phi) is 6.71. The highest BCUT2D eigenvalue weighted by Crippen LogP contribution is 2.23. The molecule has 2 amide bonds. The summed E-state index contributed by atoms with van der Waals surface area (Å²) < 4.78 is 5.59. The molecule has 0 atom stereocenters. The molecule has 0 aromatic heterocycles. The zero-order chi connectivity index (χ0) is 16.7. The molecule has 0 N–H and O–H groups in total. The van der Waals surface area contributed by atoms with Crippen LogP contribution in [0.25, 0.3) is 0 Å². The van der Waals surface area contributed by atoms with E-state index in [2.05, 4.69) is 0 Å². The van der Waals surface area contributed by atoms with E-state index < -0.39 is 0 Å². The van der Waals surface area contributed by atoms with Crippen LogP contribution in [0.15, 0.2) is 24.3 Å². The number of amides is 2. The molecule has 126 valence electrons. The van der Waals surface area contributed by atoms with E-state index >= 15 is 0 Å². The van der Waals surface area contributed by atoms with Gasteiger partial charge < -0.3 is 14.5 Å². The predicted octanol–water partition coefficient (Wildman–Crippen LogP) is 2.58. The van der Waals surface area contributed by atoms with E-state index in [1.807, 2.05) is 23.1 Å². The number of nitrogens with zero attached hydrogens (tertiary/aromatic N) is 2. The van der Waals surface area contributed by atoms with E-state index in [0.717, 1.165) is 13.0 Å². The second-order valence-corrected chi connectivity index (χ2v) is 6.03. The Morgan fingerprint density at radius 1 is 1.13 bits per heavy atom. The third-order valence-corrected chi connectivity index (χ3v) is 4.24. The summed E-state index contributed by atoms with van der Waals surface area (Å²) in [6.45, 7) is 4.72. The van der Waals surface area contributed by atoms with Crippen LogP contribution in [0, 0.1) is 0 Å². The number of carbonyl (C=O) groups is 2. The summed E-state index contributed by atoms with van der Waals surface area (Å²) in [4.78, 5) is 27.3. The van der Waals surface area contributed by atoms with Gasteiger partial charge in [-0.05, 0) is 25.0 Å². The smallest absolute Gasteiger partial charge is 0.222 e. The van der Waals surface area contributed by atoms with Gasteiger partial charge in [0.25, 0.3) is 0 Å². The molecular weight excluding hydrogens is 316 g/mol. The fourth-order valence-electron chi connectivity index (χ4n) is 2.61. The fourth-order valence-corrected chi connectivity index (χ4v) is 2.80. The van der Waals surface area contributed by atoms with Gasteiger partial charge in [0, 0.05) is 39.5 Å². The van der Waals surface area contributed by atoms with Crippen LogP contribution in [-0.2, 0) is 9.59 Å². The first kappa shape index (κ1) is 17.6. The average molecular weight is 339 g/mol. The van der Waals surface area contributed by atoms with Crippen molar-refractivity contribution >= 4 is 23.4 Å². The molecule has 0 saturated carbocycles. The topological polar surface area (TPSA) is 49.9 Å². The minimum atomic E-state index is 0.0763. The highest BCUT2D eigenvalue weighted by atomic mass is 35.5. The maximum absolute atomic E-state index is 12.2. The number of hydrogen-bond acceptors (Lipinski definition) is 3. The summed E-state index contributed by atoms with van der Waals surface area (Å²) in [5, 5.41) is 0.579. The van der Waals surface area contributed by atoms with Crippen molar-refractivity contribution in [2.24, 2.45) is 0 Å². The molecule has 1 aromatic carbocycles. The SMILES string of the molecule is CC(=O)N1CCCN(C(=O)CCCOc2ccccc2Cl)CC1. The molecule has 1 aliphatic rings. The van der Waals surface area contributed by atoms with Gasteiger partial charge in [0.1, 0.15) is 5.75 Å². The van der Waals surface area contributed by atoms with Crippen molar-refractivity contribution in [2.45, 2.75) is 26.2 Å². The molecule has 1 heterocycles. The van der Waals surface area contributed by atoms with Gasteiger partial charge in [0.05, 0.1) is 11.6 Å². The summed E-state index contributed by atoms with van der Waals surface area (Å²) in [5.41, 5.74) is 0. The molecule has 0 spiro atoms. The van der Waals surface area contributed by atoms with E-state index in [9.17, 15) is 9.59 Å². The van der Waals surface area contributed by atoms with Crippen LogP contribution in [0.4, 0.5) is 0 Å². The predicted molar refractivity (Wildman–Crippen MR) is 89.6 cm³/mol. The number of benzene rings is 1. The molecule has 0 aliphatic carbocycles. The van der Waals surface area contributed by atoms with Crippen LogP contribution in [-0.4, -0.2) is 54.4 Å². The van der Waals surface area contributed by atoms with Crippen LogP contribution in [0.2, 0.25) is 5.02 Å². The standard InChI is InChI=1S/C17H23ClN2O3/c1-14(21)19-9-5-10-20(12-11-19)17(22)8-4-13-23-16-7-3-2-6-15(16)18/h2-3,6-7H,4-5,8-13H2,1H3. The van der Waals surface area contributed by atoms with Gasteiger partial charge in [-0.15, -0.1) is 0 Å². The lowest BCUT2D eigenvalue weighted by molar-refractivity contribution is -0.132. The first-order valence-electron chi connectivity index (χ1n) is 7.98. The van der Waals surface area contributed by atoms with Gasteiger partial charge >= 0.3 is 0 Å². The molecule has 6 heteroatoms. The Labute approximate surface area is 142 Å². The van der Waals surface area contributed by atoms with E-state index in [4.69, 9.17) is 16.3 Å². The third-order valence-electron chi connectivity index (χ3n) is 3.92. The summed E-state index contributed by atoms with van der Waals surface area (Å²) in [6, 6.07) is 7.31. The van der Waals surface area contributed by atoms with Gasteiger partial charge in [-0.3, -0.25) is 9.59 Å². The van der Waals surface area contributed by atoms with Crippen LogP contribution < -0.4 is 4.74 Å². The van der Waals surface area contributed by atoms with E-state index in [1.165, 1.54) is 0 Å². The summed E-state index contributed by atoms with van der Waals surface area (Å²) in [6.07, 6.45) is 1.93. The van der Waals surface area contributed by atoms with Gasteiger partial charge in [-0.1, -0.05) is 23.7 Å². The van der Waals surface area contributed by atoms with Crippen molar-refractivity contribution in [2.75, 3.05) is 32.8 Å². The Morgan fingerprint density at radius 3 is 2.57 bits per heavy atom. The first-order chi connectivity index (χ1) is 11.1. The van der Waals surface area contributed by atoms with Crippen LogP contribution in [0.5, 0.6) is 5.75 Å². The van der Waals surface area contributed by atoms with Crippen molar-refractivity contribution < 1.29 is 14.3 Å². The third kappa shape index (κ3) is 5.43. The quantitative estimate of drug-likeness (QED) is 0.775. The number of rotatable bonds is 5. The fraction of sp³-hybridized carbons (Fsp3) is 0.529. The van der Waals surface area contributed by atoms with E-state index in [0.29, 0.717) is 49.9 Å². The van der Waals surface area contributed by atoms with Crippen molar-refractivity contribution in [1.82, 2.24) is 9.80 Å². The maximum atomic E-state index is 12.2. The van der Waals surface area contributed by atoms with Gasteiger partial charge in [0.15, 0.2) is 0 Å². The molecule has 0 unspecified atom stereocenters. The Balaban J connectivity index is 1.70. The van der Waals surface area contributed by atoms with Crippen LogP contribution in [0.3, 0.4) is 0 Å². The lowest BCUT2D eigenvalue weighted by Gasteiger charge is -2.21. The highest BCUT2D eigenvalue weighted by Gasteiger charge is 2.19. The van der Waals surface area contributed by atoms with Crippen LogP contribution >= 0.6 is 11.6 Å². The molecule has 1 fully saturated rings. The van der Waals surface area contributed by atoms with Crippen molar-refractivity contribution in [3.63, 3.8) is 0 Å². The van der Waals surface area contributed by atoms with E-state index in [-0.39, 0.29) is 11.8 Å². The number of carbonyl (C=O) groups excluding carboxylic acids is 2. The minimum absolute atomic E-state index is 0.0763. The highest BCUT2D eigenvalue weighted by molar-refractivity contribution is 6.32. The lowest BCUT2D eigenvalue weighted by Crippen LogP contribution is -2.36. The maximum Gasteiger partial charge on any atom is 0.222 e. The molecular formula is C17H23ClN2O3. The molecule has 1 aromatic rings. The molecule has 2 rings (SSSR count). The van der Waals surface area contributed by atoms with Crippen molar-refractivity contribution in [3.8, 4) is 5.75 Å². The second kappa shape index (κ2) is 8.77. The Bertz CT molecular complexity index is 550. The monoisotopic (exact) mass is 338 g/mol. The summed E-state index contributed by atoms with van der Waals surface area (Å²) in [5.74, 6) is 0.846.